The molecule has 0 bridgehead atoms. The molecule has 0 aliphatic heterocycles. The molecule has 0 aliphatic carbocycles. The molecule has 33 heavy (non-hydrogen) atoms. The summed E-state index contributed by atoms with van der Waals surface area (Å²) in [6, 6.07) is 7.36. The van der Waals surface area contributed by atoms with Gasteiger partial charge in [-0.05, 0) is 30.3 Å². The van der Waals surface area contributed by atoms with Crippen molar-refractivity contribution in [2.75, 3.05) is 38.4 Å². The zero-order valence-electron chi connectivity index (χ0n) is 17.9. The molecule has 8 nitrogen and oxygen atoms in total. The molecule has 0 unspecified atom stereocenters. The number of hydrazine groups is 1. The van der Waals surface area contributed by atoms with Crippen LogP contribution in [0.5, 0.6) is 0 Å². The highest BCUT2D eigenvalue weighted by atomic mass is 19.1. The molecule has 0 atom stereocenters. The average Bonchev–Trinajstić information content (AvgIpc) is 3.14. The molecule has 1 heterocycles. The summed E-state index contributed by atoms with van der Waals surface area (Å²) in [5.41, 5.74) is 7.43. The van der Waals surface area contributed by atoms with Gasteiger partial charge in [-0.15, -0.1) is 0 Å². The van der Waals surface area contributed by atoms with Gasteiger partial charge in [0.1, 0.15) is 17.5 Å². The molecule has 0 saturated carbocycles. The zero-order chi connectivity index (χ0) is 24.0. The van der Waals surface area contributed by atoms with Crippen molar-refractivity contribution in [1.29, 1.82) is 0 Å². The molecule has 0 radical (unpaired) electrons. The number of carbonyl (C=O) groups is 1. The van der Waals surface area contributed by atoms with Gasteiger partial charge in [0.2, 0.25) is 5.91 Å². The molecule has 1 amide bonds. The van der Waals surface area contributed by atoms with Crippen LogP contribution in [0.15, 0.2) is 48.3 Å². The predicted octanol–water partition coefficient (Wildman–Crippen LogP) is 2.08. The van der Waals surface area contributed by atoms with Crippen LogP contribution in [0.4, 0.5) is 18.9 Å². The third-order valence-electron chi connectivity index (χ3n) is 4.74. The predicted molar refractivity (Wildman–Crippen MR) is 120 cm³/mol. The van der Waals surface area contributed by atoms with Crippen molar-refractivity contribution in [3.63, 3.8) is 0 Å². The van der Waals surface area contributed by atoms with E-state index in [0.717, 1.165) is 17.1 Å². The fourth-order valence-corrected chi connectivity index (χ4v) is 3.26. The molecule has 1 aromatic heterocycles. The Kier molecular flexibility index (Phi) is 7.93. The summed E-state index contributed by atoms with van der Waals surface area (Å²) in [5, 5.41) is 6.84. The van der Waals surface area contributed by atoms with Crippen LogP contribution in [0.2, 0.25) is 0 Å². The molecule has 176 valence electrons. The lowest BCUT2D eigenvalue weighted by Gasteiger charge is -2.17. The Morgan fingerprint density at radius 3 is 2.58 bits per heavy atom. The van der Waals surface area contributed by atoms with Gasteiger partial charge >= 0.3 is 0 Å². The summed E-state index contributed by atoms with van der Waals surface area (Å²) in [6.45, 7) is 0.937. The molecule has 11 heteroatoms. The quantitative estimate of drug-likeness (QED) is 0.179. The van der Waals surface area contributed by atoms with Gasteiger partial charge in [-0.25, -0.2) is 19.0 Å². The molecule has 0 fully saturated rings. The minimum Gasteiger partial charge on any atom is -0.400 e. The fraction of sp³-hybridized carbons (Fsp3) is 0.227. The monoisotopic (exact) mass is 462 g/mol. The van der Waals surface area contributed by atoms with Crippen molar-refractivity contribution in [1.82, 2.24) is 15.6 Å². The number of methoxy groups -OCH3 is 1. The van der Waals surface area contributed by atoms with Crippen molar-refractivity contribution >= 4 is 22.5 Å². The number of nitrogens with two attached hydrogens (primary N) is 2. The number of hydrogen-bond acceptors (Lipinski definition) is 6. The number of benzene rings is 2. The van der Waals surface area contributed by atoms with Gasteiger partial charge in [0, 0.05) is 49.1 Å². The van der Waals surface area contributed by atoms with Gasteiger partial charge in [0.25, 0.3) is 0 Å². The van der Waals surface area contributed by atoms with Crippen LogP contribution in [0.25, 0.3) is 22.2 Å². The summed E-state index contributed by atoms with van der Waals surface area (Å²) in [5.74, 6) is 3.95. The zero-order valence-corrected chi connectivity index (χ0v) is 17.9. The number of nitrogens with one attached hydrogen (secondary N) is 3. The third-order valence-corrected chi connectivity index (χ3v) is 4.74. The summed E-state index contributed by atoms with van der Waals surface area (Å²) in [6.07, 6.45) is 1.37. The first-order valence-corrected chi connectivity index (χ1v) is 10.0. The number of aromatic amines is 1. The Bertz CT molecular complexity index is 1150. The van der Waals surface area contributed by atoms with E-state index in [9.17, 15) is 18.0 Å². The second-order valence-corrected chi connectivity index (χ2v) is 7.22. The van der Waals surface area contributed by atoms with Gasteiger partial charge in [0.05, 0.1) is 30.0 Å². The van der Waals surface area contributed by atoms with E-state index in [-0.39, 0.29) is 41.3 Å². The third kappa shape index (κ3) is 6.04. The molecule has 3 rings (SSSR count). The lowest BCUT2D eigenvalue weighted by molar-refractivity contribution is -0.120. The Morgan fingerprint density at radius 1 is 1.15 bits per heavy atom. The summed E-state index contributed by atoms with van der Waals surface area (Å²) < 4.78 is 46.6. The van der Waals surface area contributed by atoms with Gasteiger partial charge in [-0.1, -0.05) is 0 Å². The maximum Gasteiger partial charge on any atom is 0.234 e. The number of H-pyrrole nitrogens is 1. The van der Waals surface area contributed by atoms with Crippen LogP contribution in [-0.2, 0) is 9.53 Å². The Balaban J connectivity index is 1.84. The van der Waals surface area contributed by atoms with Crippen LogP contribution >= 0.6 is 0 Å². The van der Waals surface area contributed by atoms with E-state index in [1.165, 1.54) is 37.6 Å². The van der Waals surface area contributed by atoms with E-state index < -0.39 is 17.5 Å². The summed E-state index contributed by atoms with van der Waals surface area (Å²) in [7, 11) is 1.53. The van der Waals surface area contributed by atoms with E-state index in [2.05, 4.69) is 15.6 Å². The standard InChI is InChI=1S/C22H25F3N6O2/c1-33-7-6-29-19(32)11-28-10-16(26)12-31(27)22-17-8-15(24)9-18(25)21(17)30-20(22)13-2-4-14(23)5-3-13/h2-5,8-9,12,28,30H,6-7,10-11,26-27H2,1H3,(H,29,32)/b16-12-. The van der Waals surface area contributed by atoms with E-state index >= 15 is 0 Å². The normalized spacial score (nSPS) is 11.7. The van der Waals surface area contributed by atoms with E-state index in [0.29, 0.717) is 24.4 Å². The number of amides is 1. The number of halogens is 3. The minimum absolute atomic E-state index is 0.0210. The first kappa shape index (κ1) is 24.1. The SMILES string of the molecule is COCCNC(=O)CNC/C(N)=C/N(N)c1c(-c2ccc(F)cc2)[nH]c2c(F)cc(F)cc12. The molecular formula is C22H25F3N6O2. The van der Waals surface area contributed by atoms with Gasteiger partial charge in [-0.2, -0.15) is 0 Å². The minimum atomic E-state index is -0.800. The molecular weight excluding hydrogens is 437 g/mol. The lowest BCUT2D eigenvalue weighted by atomic mass is 10.1. The van der Waals surface area contributed by atoms with E-state index in [4.69, 9.17) is 16.3 Å². The number of nitrogens with zero attached hydrogens (tertiary/aromatic N) is 1. The van der Waals surface area contributed by atoms with Crippen molar-refractivity contribution in [3.8, 4) is 11.3 Å². The first-order chi connectivity index (χ1) is 15.8. The number of carbonyl (C=O) groups excluding carboxylic acids is 1. The van der Waals surface area contributed by atoms with Gasteiger partial charge in [0.15, 0.2) is 0 Å². The first-order valence-electron chi connectivity index (χ1n) is 10.0. The molecule has 7 N–H and O–H groups in total. The maximum atomic E-state index is 14.4. The Hall–Kier alpha value is -3.54. The Labute approximate surface area is 188 Å². The molecule has 0 saturated heterocycles. The molecule has 0 aliphatic rings. The number of ether oxygens (including phenoxy) is 1. The number of rotatable bonds is 10. The second kappa shape index (κ2) is 10.9. The molecule has 3 aromatic rings. The number of anilines is 1. The Morgan fingerprint density at radius 2 is 1.88 bits per heavy atom. The number of hydrogen-bond donors (Lipinski definition) is 5. The van der Waals surface area contributed by atoms with Crippen molar-refractivity contribution < 1.29 is 22.7 Å². The van der Waals surface area contributed by atoms with Crippen LogP contribution in [0, 0.1) is 17.5 Å². The molecule has 0 spiro atoms. The number of aromatic nitrogens is 1. The van der Waals surface area contributed by atoms with Crippen molar-refractivity contribution in [2.24, 2.45) is 11.6 Å². The highest BCUT2D eigenvalue weighted by molar-refractivity contribution is 6.02. The maximum absolute atomic E-state index is 14.4. The highest BCUT2D eigenvalue weighted by Gasteiger charge is 2.20. The van der Waals surface area contributed by atoms with Crippen molar-refractivity contribution in [2.45, 2.75) is 0 Å². The van der Waals surface area contributed by atoms with E-state index in [1.54, 1.807) is 0 Å². The molecule has 2 aromatic carbocycles. The van der Waals surface area contributed by atoms with Gasteiger partial charge in [-0.3, -0.25) is 9.80 Å². The highest BCUT2D eigenvalue weighted by Crippen LogP contribution is 2.38. The topological polar surface area (TPSA) is 121 Å². The summed E-state index contributed by atoms with van der Waals surface area (Å²) in [4.78, 5) is 14.6. The summed E-state index contributed by atoms with van der Waals surface area (Å²) >= 11 is 0. The van der Waals surface area contributed by atoms with Crippen molar-refractivity contribution in [3.05, 3.63) is 65.7 Å². The van der Waals surface area contributed by atoms with E-state index in [1.807, 2.05) is 0 Å². The lowest BCUT2D eigenvalue weighted by Crippen LogP contribution is -2.37. The van der Waals surface area contributed by atoms with Crippen LogP contribution in [-0.4, -0.2) is 44.2 Å². The van der Waals surface area contributed by atoms with Crippen LogP contribution in [0.3, 0.4) is 0 Å². The van der Waals surface area contributed by atoms with Crippen LogP contribution < -0.4 is 27.2 Å². The number of fused-ring (bicyclic) bond motifs is 1. The van der Waals surface area contributed by atoms with Gasteiger partial charge < -0.3 is 26.1 Å². The average molecular weight is 462 g/mol. The smallest absolute Gasteiger partial charge is 0.234 e. The van der Waals surface area contributed by atoms with Crippen LogP contribution in [0.1, 0.15) is 0 Å². The fourth-order valence-electron chi connectivity index (χ4n) is 3.26. The second-order valence-electron chi connectivity index (χ2n) is 7.22. The largest absolute Gasteiger partial charge is 0.400 e.